The third kappa shape index (κ3) is 2.68. The number of ether oxygens (including phenoxy) is 1. The monoisotopic (exact) mass is 286 g/mol. The largest absolute Gasteiger partial charge is 0.465 e. The molecule has 2 atom stereocenters. The van der Waals surface area contributed by atoms with Crippen LogP contribution in [0.25, 0.3) is 0 Å². The lowest BCUT2D eigenvalue weighted by atomic mass is 9.86. The predicted octanol–water partition coefficient (Wildman–Crippen LogP) is 1.91. The van der Waals surface area contributed by atoms with Gasteiger partial charge < -0.3 is 9.64 Å². The maximum absolute atomic E-state index is 12.6. The molecule has 0 bridgehead atoms. The summed E-state index contributed by atoms with van der Waals surface area (Å²) in [5.41, 5.74) is 0.756. The first-order chi connectivity index (χ1) is 10.2. The van der Waals surface area contributed by atoms with Crippen LogP contribution in [-0.2, 0) is 4.74 Å². The Kier molecular flexibility index (Phi) is 3.73. The summed E-state index contributed by atoms with van der Waals surface area (Å²) in [4.78, 5) is 29.9. The summed E-state index contributed by atoms with van der Waals surface area (Å²) in [5, 5.41) is 0. The number of hydrogen-bond donors (Lipinski definition) is 0. The zero-order valence-electron chi connectivity index (χ0n) is 12.0. The molecule has 3 rings (SSSR count). The van der Waals surface area contributed by atoms with Crippen molar-refractivity contribution in [2.24, 2.45) is 11.8 Å². The molecule has 21 heavy (non-hydrogen) atoms. The number of pyridine rings is 1. The normalized spacial score (nSPS) is 23.8. The summed E-state index contributed by atoms with van der Waals surface area (Å²) in [5.74, 6) is 0.602. The highest BCUT2D eigenvalue weighted by Gasteiger charge is 2.35. The number of methoxy groups -OCH3 is 1. The Labute approximate surface area is 123 Å². The van der Waals surface area contributed by atoms with E-state index < -0.39 is 5.97 Å². The van der Waals surface area contributed by atoms with Gasteiger partial charge in [0, 0.05) is 25.5 Å². The Morgan fingerprint density at radius 1 is 1.14 bits per heavy atom. The van der Waals surface area contributed by atoms with E-state index in [4.69, 9.17) is 0 Å². The lowest BCUT2D eigenvalue weighted by Crippen LogP contribution is -2.29. The Balaban J connectivity index is 1.75. The van der Waals surface area contributed by atoms with Crippen LogP contribution in [0.2, 0.25) is 0 Å². The summed E-state index contributed by atoms with van der Waals surface area (Å²) in [7, 11) is 1.31. The topological polar surface area (TPSA) is 59.5 Å². The minimum atomic E-state index is -0.476. The van der Waals surface area contributed by atoms with Gasteiger partial charge in [0.1, 0.15) is 0 Å². The third-order valence-corrected chi connectivity index (χ3v) is 4.31. The molecule has 2 aliphatic rings. The van der Waals surface area contributed by atoms with Gasteiger partial charge in [-0.25, -0.2) is 4.79 Å². The molecule has 1 aromatic heterocycles. The van der Waals surface area contributed by atoms with Gasteiger partial charge in [0.2, 0.25) is 0 Å². The number of carbonyl (C=O) groups is 2. The van der Waals surface area contributed by atoms with Crippen molar-refractivity contribution < 1.29 is 14.3 Å². The van der Waals surface area contributed by atoms with Crippen LogP contribution in [0.4, 0.5) is 0 Å². The van der Waals surface area contributed by atoms with Crippen molar-refractivity contribution >= 4 is 11.9 Å². The lowest BCUT2D eigenvalue weighted by molar-refractivity contribution is 0.0600. The van der Waals surface area contributed by atoms with E-state index in [1.54, 1.807) is 6.07 Å². The number of nitrogens with zero attached hydrogens (tertiary/aromatic N) is 2. The van der Waals surface area contributed by atoms with Crippen molar-refractivity contribution in [1.29, 1.82) is 0 Å². The van der Waals surface area contributed by atoms with Crippen molar-refractivity contribution in [3.05, 3.63) is 41.7 Å². The van der Waals surface area contributed by atoms with Gasteiger partial charge in [-0.3, -0.25) is 9.78 Å². The molecular formula is C16H18N2O3. The van der Waals surface area contributed by atoms with Crippen molar-refractivity contribution in [2.75, 3.05) is 20.2 Å². The second-order valence-corrected chi connectivity index (χ2v) is 5.63. The number of likely N-dealkylation sites (tertiary alicyclic amines) is 1. The summed E-state index contributed by atoms with van der Waals surface area (Å²) in [6.45, 7) is 1.58. The third-order valence-electron chi connectivity index (χ3n) is 4.31. The molecule has 0 unspecified atom stereocenters. The van der Waals surface area contributed by atoms with Crippen LogP contribution >= 0.6 is 0 Å². The molecule has 110 valence electrons. The minimum absolute atomic E-state index is 0.0531. The van der Waals surface area contributed by atoms with Gasteiger partial charge >= 0.3 is 5.97 Å². The van der Waals surface area contributed by atoms with Crippen LogP contribution < -0.4 is 0 Å². The summed E-state index contributed by atoms with van der Waals surface area (Å²) in [6.07, 6.45) is 9.43. The molecule has 5 nitrogen and oxygen atoms in total. The average Bonchev–Trinajstić information content (AvgIpc) is 2.97. The van der Waals surface area contributed by atoms with Crippen LogP contribution in [-0.4, -0.2) is 42.0 Å². The number of hydrogen-bond acceptors (Lipinski definition) is 4. The van der Waals surface area contributed by atoms with Crippen molar-refractivity contribution in [1.82, 2.24) is 9.88 Å². The number of fused-ring (bicyclic) bond motifs is 1. The van der Waals surface area contributed by atoms with E-state index in [-0.39, 0.29) is 5.91 Å². The Bertz CT molecular complexity index is 581. The smallest absolute Gasteiger partial charge is 0.339 e. The van der Waals surface area contributed by atoms with Gasteiger partial charge in [-0.15, -0.1) is 0 Å². The Morgan fingerprint density at radius 3 is 2.38 bits per heavy atom. The van der Waals surface area contributed by atoms with Gasteiger partial charge in [0.15, 0.2) is 0 Å². The first-order valence-corrected chi connectivity index (χ1v) is 7.16. The van der Waals surface area contributed by atoms with Gasteiger partial charge in [0.25, 0.3) is 5.91 Å². The Hall–Kier alpha value is -2.17. The maximum Gasteiger partial charge on any atom is 0.339 e. The average molecular weight is 286 g/mol. The standard InChI is InChI=1S/C16H18N2O3/c1-21-16(20)14-6-13(7-17-8-14)15(19)18-9-11-4-2-3-5-12(11)10-18/h2-3,6-8,11-12H,4-5,9-10H2,1H3/t11-,12-/m0/s1. The van der Waals surface area contributed by atoms with Crippen LogP contribution in [0.1, 0.15) is 33.6 Å². The van der Waals surface area contributed by atoms with Crippen molar-refractivity contribution in [3.8, 4) is 0 Å². The van der Waals surface area contributed by atoms with Crippen molar-refractivity contribution in [2.45, 2.75) is 12.8 Å². The fraction of sp³-hybridized carbons (Fsp3) is 0.438. The summed E-state index contributed by atoms with van der Waals surface area (Å²) >= 11 is 0. The first kappa shape index (κ1) is 13.8. The number of esters is 1. The SMILES string of the molecule is COC(=O)c1cncc(C(=O)N2C[C@@H]3CC=CC[C@H]3C2)c1. The molecule has 1 aliphatic carbocycles. The van der Waals surface area contributed by atoms with Crippen LogP contribution in [0.15, 0.2) is 30.6 Å². The van der Waals surface area contributed by atoms with E-state index in [9.17, 15) is 9.59 Å². The van der Waals surface area contributed by atoms with E-state index in [2.05, 4.69) is 21.9 Å². The zero-order valence-corrected chi connectivity index (χ0v) is 12.0. The molecule has 1 fully saturated rings. The Morgan fingerprint density at radius 2 is 1.76 bits per heavy atom. The maximum atomic E-state index is 12.6. The first-order valence-electron chi connectivity index (χ1n) is 7.16. The number of amides is 1. The zero-order chi connectivity index (χ0) is 14.8. The molecular weight excluding hydrogens is 268 g/mol. The lowest BCUT2D eigenvalue weighted by Gasteiger charge is -2.17. The van der Waals surface area contributed by atoms with Gasteiger partial charge in [0.05, 0.1) is 18.2 Å². The molecule has 5 heteroatoms. The summed E-state index contributed by atoms with van der Waals surface area (Å²) in [6, 6.07) is 1.56. The number of allylic oxidation sites excluding steroid dienone is 2. The molecule has 0 radical (unpaired) electrons. The quantitative estimate of drug-likeness (QED) is 0.615. The van der Waals surface area contributed by atoms with E-state index >= 15 is 0 Å². The van der Waals surface area contributed by atoms with Crippen LogP contribution in [0.3, 0.4) is 0 Å². The fourth-order valence-corrected chi connectivity index (χ4v) is 3.15. The highest BCUT2D eigenvalue weighted by atomic mass is 16.5. The van der Waals surface area contributed by atoms with Gasteiger partial charge in [-0.05, 0) is 30.7 Å². The fourth-order valence-electron chi connectivity index (χ4n) is 3.15. The molecule has 0 aromatic carbocycles. The highest BCUT2D eigenvalue weighted by Crippen LogP contribution is 2.33. The minimum Gasteiger partial charge on any atom is -0.465 e. The van der Waals surface area contributed by atoms with Crippen LogP contribution in [0, 0.1) is 11.8 Å². The summed E-state index contributed by atoms with van der Waals surface area (Å²) < 4.78 is 4.66. The molecule has 1 aromatic rings. The van der Waals surface area contributed by atoms with E-state index in [1.807, 2.05) is 4.90 Å². The van der Waals surface area contributed by atoms with Gasteiger partial charge in [-0.1, -0.05) is 12.2 Å². The number of aromatic nitrogens is 1. The molecule has 2 heterocycles. The predicted molar refractivity (Wildman–Crippen MR) is 76.8 cm³/mol. The molecule has 1 saturated heterocycles. The van der Waals surface area contributed by atoms with Gasteiger partial charge in [-0.2, -0.15) is 0 Å². The number of carbonyl (C=O) groups excluding carboxylic acids is 2. The highest BCUT2D eigenvalue weighted by molar-refractivity contribution is 5.97. The number of rotatable bonds is 2. The molecule has 1 amide bonds. The molecule has 1 aliphatic heterocycles. The van der Waals surface area contributed by atoms with Crippen molar-refractivity contribution in [3.63, 3.8) is 0 Å². The molecule has 0 spiro atoms. The second-order valence-electron chi connectivity index (χ2n) is 5.63. The van der Waals surface area contributed by atoms with Crippen LogP contribution in [0.5, 0.6) is 0 Å². The molecule has 0 saturated carbocycles. The molecule has 0 N–H and O–H groups in total. The van der Waals surface area contributed by atoms with E-state index in [0.717, 1.165) is 25.9 Å². The van der Waals surface area contributed by atoms with E-state index in [1.165, 1.54) is 19.5 Å². The second kappa shape index (κ2) is 5.68. The van der Waals surface area contributed by atoms with E-state index in [0.29, 0.717) is 23.0 Å².